The highest BCUT2D eigenvalue weighted by Gasteiger charge is 2.45. The maximum atomic E-state index is 12.2. The molecule has 1 fully saturated rings. The van der Waals surface area contributed by atoms with Crippen molar-refractivity contribution in [1.82, 2.24) is 0 Å². The van der Waals surface area contributed by atoms with Crippen molar-refractivity contribution < 1.29 is 9.53 Å². The summed E-state index contributed by atoms with van der Waals surface area (Å²) < 4.78 is 5.43. The molecule has 3 nitrogen and oxygen atoms in total. The van der Waals surface area contributed by atoms with Crippen molar-refractivity contribution in [3.63, 3.8) is 0 Å². The van der Waals surface area contributed by atoms with Crippen LogP contribution in [0.25, 0.3) is 0 Å². The van der Waals surface area contributed by atoms with E-state index < -0.39 is 0 Å². The fraction of sp³-hybridized carbons (Fsp3) is 0.933. The molecule has 0 aromatic heterocycles. The molecule has 0 aliphatic heterocycles. The minimum Gasteiger partial charge on any atom is -0.465 e. The lowest BCUT2D eigenvalue weighted by Crippen LogP contribution is -2.49. The zero-order chi connectivity index (χ0) is 13.9. The summed E-state index contributed by atoms with van der Waals surface area (Å²) in [6.45, 7) is 11.3. The van der Waals surface area contributed by atoms with Crippen molar-refractivity contribution >= 4 is 5.97 Å². The molecule has 3 unspecified atom stereocenters. The van der Waals surface area contributed by atoms with Crippen LogP contribution >= 0.6 is 0 Å². The van der Waals surface area contributed by atoms with Gasteiger partial charge in [-0.15, -0.1) is 0 Å². The van der Waals surface area contributed by atoms with E-state index in [1.165, 1.54) is 0 Å². The highest BCUT2D eigenvalue weighted by atomic mass is 16.5. The summed E-state index contributed by atoms with van der Waals surface area (Å²) in [5, 5.41) is 0. The van der Waals surface area contributed by atoms with Gasteiger partial charge in [-0.25, -0.2) is 0 Å². The summed E-state index contributed by atoms with van der Waals surface area (Å²) in [5.74, 6) is 0.900. The Balaban J connectivity index is 2.57. The van der Waals surface area contributed by atoms with Crippen molar-refractivity contribution in [1.29, 1.82) is 0 Å². The van der Waals surface area contributed by atoms with E-state index in [0.29, 0.717) is 18.4 Å². The fourth-order valence-corrected chi connectivity index (χ4v) is 2.77. The lowest BCUT2D eigenvalue weighted by molar-refractivity contribution is -0.157. The lowest BCUT2D eigenvalue weighted by atomic mass is 9.61. The van der Waals surface area contributed by atoms with E-state index in [-0.39, 0.29) is 23.3 Å². The molecular weight excluding hydrogens is 226 g/mol. The second-order valence-electron chi connectivity index (χ2n) is 6.75. The summed E-state index contributed by atoms with van der Waals surface area (Å²) >= 11 is 0. The number of carbonyl (C=O) groups excluding carboxylic acids is 1. The Morgan fingerprint density at radius 2 is 2.00 bits per heavy atom. The average Bonchev–Trinajstić information content (AvgIpc) is 2.25. The number of esters is 1. The molecule has 0 spiro atoms. The molecule has 0 heterocycles. The van der Waals surface area contributed by atoms with Gasteiger partial charge < -0.3 is 10.5 Å². The molecule has 1 rings (SSSR count). The Labute approximate surface area is 111 Å². The SMILES string of the molecule is CC(C)CCOC(=O)C1CCC(N)C(C)C1(C)C. The molecule has 0 radical (unpaired) electrons. The molecule has 0 amide bonds. The average molecular weight is 255 g/mol. The Hall–Kier alpha value is -0.570. The quantitative estimate of drug-likeness (QED) is 0.786. The Morgan fingerprint density at radius 3 is 2.56 bits per heavy atom. The fourth-order valence-electron chi connectivity index (χ4n) is 2.77. The maximum absolute atomic E-state index is 12.2. The van der Waals surface area contributed by atoms with Crippen LogP contribution < -0.4 is 5.73 Å². The van der Waals surface area contributed by atoms with E-state index in [2.05, 4.69) is 34.6 Å². The van der Waals surface area contributed by atoms with E-state index in [1.807, 2.05) is 0 Å². The van der Waals surface area contributed by atoms with E-state index >= 15 is 0 Å². The summed E-state index contributed by atoms with van der Waals surface area (Å²) in [6, 6.07) is 0.208. The van der Waals surface area contributed by atoms with E-state index in [0.717, 1.165) is 19.3 Å². The minimum atomic E-state index is -0.0629. The molecule has 0 aromatic rings. The van der Waals surface area contributed by atoms with Gasteiger partial charge in [-0.1, -0.05) is 34.6 Å². The van der Waals surface area contributed by atoms with Crippen LogP contribution in [-0.4, -0.2) is 18.6 Å². The molecule has 3 heteroatoms. The number of ether oxygens (including phenoxy) is 1. The number of hydrogen-bond acceptors (Lipinski definition) is 3. The first kappa shape index (κ1) is 15.5. The normalized spacial score (nSPS) is 31.4. The predicted molar refractivity (Wildman–Crippen MR) is 74.1 cm³/mol. The van der Waals surface area contributed by atoms with Crippen LogP contribution in [0.2, 0.25) is 0 Å². The van der Waals surface area contributed by atoms with Gasteiger partial charge in [-0.05, 0) is 36.5 Å². The second kappa shape index (κ2) is 6.05. The van der Waals surface area contributed by atoms with Crippen molar-refractivity contribution in [3.05, 3.63) is 0 Å². The first-order valence-corrected chi connectivity index (χ1v) is 7.19. The molecule has 18 heavy (non-hydrogen) atoms. The van der Waals surface area contributed by atoms with E-state index in [9.17, 15) is 4.79 Å². The third-order valence-electron chi connectivity index (χ3n) is 4.73. The van der Waals surface area contributed by atoms with Crippen LogP contribution in [-0.2, 0) is 9.53 Å². The van der Waals surface area contributed by atoms with Crippen molar-refractivity contribution in [2.24, 2.45) is 28.9 Å². The maximum Gasteiger partial charge on any atom is 0.309 e. The molecule has 106 valence electrons. The Kier molecular flexibility index (Phi) is 5.20. The third-order valence-corrected chi connectivity index (χ3v) is 4.73. The van der Waals surface area contributed by atoms with Gasteiger partial charge in [0.15, 0.2) is 0 Å². The first-order chi connectivity index (χ1) is 8.26. The number of nitrogens with two attached hydrogens (primary N) is 1. The van der Waals surface area contributed by atoms with Gasteiger partial charge in [0.2, 0.25) is 0 Å². The zero-order valence-electron chi connectivity index (χ0n) is 12.5. The number of carbonyl (C=O) groups is 1. The lowest BCUT2D eigenvalue weighted by Gasteiger charge is -2.45. The molecule has 1 saturated carbocycles. The topological polar surface area (TPSA) is 52.3 Å². The molecular formula is C15H29NO2. The van der Waals surface area contributed by atoms with Crippen molar-refractivity contribution in [3.8, 4) is 0 Å². The van der Waals surface area contributed by atoms with Crippen LogP contribution in [0.4, 0.5) is 0 Å². The van der Waals surface area contributed by atoms with Gasteiger partial charge in [0, 0.05) is 6.04 Å². The minimum absolute atomic E-state index is 0.000498. The number of hydrogen-bond donors (Lipinski definition) is 1. The molecule has 3 atom stereocenters. The van der Waals surface area contributed by atoms with Gasteiger partial charge >= 0.3 is 5.97 Å². The second-order valence-corrected chi connectivity index (χ2v) is 6.75. The highest BCUT2D eigenvalue weighted by Crippen LogP contribution is 2.44. The summed E-state index contributed by atoms with van der Waals surface area (Å²) in [6.07, 6.45) is 2.72. The van der Waals surface area contributed by atoms with Crippen molar-refractivity contribution in [2.45, 2.75) is 59.9 Å². The van der Waals surface area contributed by atoms with Crippen LogP contribution in [0, 0.1) is 23.2 Å². The Bertz CT molecular complexity index is 286. The predicted octanol–water partition coefficient (Wildman–Crippen LogP) is 2.98. The summed E-state index contributed by atoms with van der Waals surface area (Å²) in [4.78, 5) is 12.2. The van der Waals surface area contributed by atoms with E-state index in [4.69, 9.17) is 10.5 Å². The van der Waals surface area contributed by atoms with Crippen LogP contribution in [0.1, 0.15) is 53.9 Å². The molecule has 0 aromatic carbocycles. The highest BCUT2D eigenvalue weighted by molar-refractivity contribution is 5.73. The van der Waals surface area contributed by atoms with E-state index in [1.54, 1.807) is 0 Å². The Morgan fingerprint density at radius 1 is 1.39 bits per heavy atom. The van der Waals surface area contributed by atoms with Crippen LogP contribution in [0.15, 0.2) is 0 Å². The smallest absolute Gasteiger partial charge is 0.309 e. The largest absolute Gasteiger partial charge is 0.465 e. The number of rotatable bonds is 4. The monoisotopic (exact) mass is 255 g/mol. The molecule has 1 aliphatic rings. The summed E-state index contributed by atoms with van der Waals surface area (Å²) in [5.41, 5.74) is 6.04. The molecule has 0 bridgehead atoms. The van der Waals surface area contributed by atoms with Gasteiger partial charge in [0.1, 0.15) is 0 Å². The zero-order valence-corrected chi connectivity index (χ0v) is 12.5. The van der Waals surface area contributed by atoms with Gasteiger partial charge in [0.05, 0.1) is 12.5 Å². The molecule has 1 aliphatic carbocycles. The van der Waals surface area contributed by atoms with Crippen molar-refractivity contribution in [2.75, 3.05) is 6.61 Å². The molecule has 0 saturated heterocycles. The van der Waals surface area contributed by atoms with Gasteiger partial charge in [-0.3, -0.25) is 4.79 Å². The summed E-state index contributed by atoms with van der Waals surface area (Å²) in [7, 11) is 0. The molecule has 2 N–H and O–H groups in total. The third kappa shape index (κ3) is 3.47. The first-order valence-electron chi connectivity index (χ1n) is 7.19. The van der Waals surface area contributed by atoms with Gasteiger partial charge in [-0.2, -0.15) is 0 Å². The van der Waals surface area contributed by atoms with Crippen LogP contribution in [0.5, 0.6) is 0 Å². The standard InChI is InChI=1S/C15H29NO2/c1-10(2)8-9-18-14(17)12-6-7-13(16)11(3)15(12,4)5/h10-13H,6-9,16H2,1-5H3. The van der Waals surface area contributed by atoms with Gasteiger partial charge in [0.25, 0.3) is 0 Å². The van der Waals surface area contributed by atoms with Crippen LogP contribution in [0.3, 0.4) is 0 Å².